The first-order chi connectivity index (χ1) is 7.81. The maximum atomic E-state index is 11.4. The van der Waals surface area contributed by atoms with Gasteiger partial charge in [0.05, 0.1) is 11.0 Å². The Labute approximate surface area is 101 Å². The van der Waals surface area contributed by atoms with Crippen LogP contribution in [0.4, 0.5) is 4.79 Å². The first kappa shape index (κ1) is 13.8. The second-order valence-electron chi connectivity index (χ2n) is 5.09. The van der Waals surface area contributed by atoms with Gasteiger partial charge in [-0.2, -0.15) is 0 Å². The highest BCUT2D eigenvalue weighted by Gasteiger charge is 2.50. The molecule has 0 saturated heterocycles. The first-order valence-corrected chi connectivity index (χ1v) is 5.62. The molecule has 0 radical (unpaired) electrons. The molecule has 1 saturated carbocycles. The van der Waals surface area contributed by atoms with E-state index in [4.69, 9.17) is 9.84 Å². The van der Waals surface area contributed by atoms with Crippen LogP contribution < -0.4 is 10.6 Å². The number of carboxylic acid groups (broad SMARTS) is 1. The van der Waals surface area contributed by atoms with E-state index in [1.54, 1.807) is 7.11 Å². The highest BCUT2D eigenvalue weighted by molar-refractivity contribution is 5.80. The van der Waals surface area contributed by atoms with E-state index in [9.17, 15) is 9.59 Å². The van der Waals surface area contributed by atoms with Crippen LogP contribution in [0.25, 0.3) is 0 Å². The van der Waals surface area contributed by atoms with Gasteiger partial charge in [-0.25, -0.2) is 4.79 Å². The van der Waals surface area contributed by atoms with Gasteiger partial charge in [0.1, 0.15) is 0 Å². The number of hydrogen-bond donors (Lipinski definition) is 3. The molecule has 0 aromatic carbocycles. The second kappa shape index (κ2) is 4.91. The Morgan fingerprint density at radius 2 is 1.94 bits per heavy atom. The van der Waals surface area contributed by atoms with Crippen LogP contribution in [0.3, 0.4) is 0 Å². The summed E-state index contributed by atoms with van der Waals surface area (Å²) in [5.74, 6) is -0.838. The fourth-order valence-corrected chi connectivity index (χ4v) is 1.29. The molecule has 1 aliphatic carbocycles. The smallest absolute Gasteiger partial charge is 0.314 e. The molecule has 1 fully saturated rings. The highest BCUT2D eigenvalue weighted by atomic mass is 16.5. The zero-order valence-corrected chi connectivity index (χ0v) is 10.5. The van der Waals surface area contributed by atoms with Crippen LogP contribution in [-0.2, 0) is 9.53 Å². The van der Waals surface area contributed by atoms with E-state index < -0.39 is 17.0 Å². The Morgan fingerprint density at radius 3 is 2.35 bits per heavy atom. The SMILES string of the molecule is COC(C)(C)CNC(=O)NCC1(C(=O)O)CC1. The quantitative estimate of drug-likeness (QED) is 0.637. The van der Waals surface area contributed by atoms with Gasteiger partial charge in [0, 0.05) is 20.2 Å². The average molecular weight is 244 g/mol. The van der Waals surface area contributed by atoms with Gasteiger partial charge in [-0.1, -0.05) is 0 Å². The number of carbonyl (C=O) groups is 2. The van der Waals surface area contributed by atoms with E-state index in [1.165, 1.54) is 0 Å². The molecule has 0 heterocycles. The predicted molar refractivity (Wildman–Crippen MR) is 61.8 cm³/mol. The Balaban J connectivity index is 2.25. The first-order valence-electron chi connectivity index (χ1n) is 5.62. The lowest BCUT2D eigenvalue weighted by Gasteiger charge is -2.23. The molecule has 6 heteroatoms. The van der Waals surface area contributed by atoms with Crippen LogP contribution >= 0.6 is 0 Å². The maximum absolute atomic E-state index is 11.4. The summed E-state index contributed by atoms with van der Waals surface area (Å²) in [7, 11) is 1.57. The van der Waals surface area contributed by atoms with Crippen LogP contribution in [0.15, 0.2) is 0 Å². The van der Waals surface area contributed by atoms with Crippen molar-refractivity contribution in [2.75, 3.05) is 20.2 Å². The van der Waals surface area contributed by atoms with E-state index in [2.05, 4.69) is 10.6 Å². The second-order valence-corrected chi connectivity index (χ2v) is 5.09. The lowest BCUT2D eigenvalue weighted by Crippen LogP contribution is -2.46. The number of amides is 2. The lowest BCUT2D eigenvalue weighted by molar-refractivity contribution is -0.143. The number of ether oxygens (including phenoxy) is 1. The zero-order chi connectivity index (χ0) is 13.1. The van der Waals surface area contributed by atoms with Crippen LogP contribution in [-0.4, -0.2) is 42.9 Å². The van der Waals surface area contributed by atoms with Crippen molar-refractivity contribution in [3.63, 3.8) is 0 Å². The monoisotopic (exact) mass is 244 g/mol. The molecule has 17 heavy (non-hydrogen) atoms. The summed E-state index contributed by atoms with van der Waals surface area (Å²) in [4.78, 5) is 22.3. The van der Waals surface area contributed by atoms with Crippen molar-refractivity contribution >= 4 is 12.0 Å². The largest absolute Gasteiger partial charge is 0.481 e. The maximum Gasteiger partial charge on any atom is 0.314 e. The minimum atomic E-state index is -0.838. The number of hydrogen-bond acceptors (Lipinski definition) is 3. The summed E-state index contributed by atoms with van der Waals surface area (Å²) in [6, 6.07) is -0.359. The normalized spacial score (nSPS) is 17.4. The Hall–Kier alpha value is -1.30. The number of urea groups is 1. The molecular formula is C11H20N2O4. The van der Waals surface area contributed by atoms with Gasteiger partial charge in [0.15, 0.2) is 0 Å². The van der Waals surface area contributed by atoms with Crippen molar-refractivity contribution in [2.45, 2.75) is 32.3 Å². The third kappa shape index (κ3) is 3.89. The van der Waals surface area contributed by atoms with Crippen molar-refractivity contribution in [1.82, 2.24) is 10.6 Å². The number of rotatable bonds is 6. The Kier molecular flexibility index (Phi) is 3.98. The average Bonchev–Trinajstić information content (AvgIpc) is 3.05. The van der Waals surface area contributed by atoms with E-state index in [-0.39, 0.29) is 12.6 Å². The summed E-state index contributed by atoms with van der Waals surface area (Å²) in [6.45, 7) is 4.26. The molecule has 0 aliphatic heterocycles. The molecule has 98 valence electrons. The summed E-state index contributed by atoms with van der Waals surface area (Å²) in [6.07, 6.45) is 1.26. The molecule has 0 bridgehead atoms. The van der Waals surface area contributed by atoms with Gasteiger partial charge in [0.2, 0.25) is 0 Å². The molecule has 0 aromatic heterocycles. The summed E-state index contributed by atoms with van der Waals surface area (Å²) >= 11 is 0. The van der Waals surface area contributed by atoms with Gasteiger partial charge in [-0.3, -0.25) is 4.79 Å². The van der Waals surface area contributed by atoms with Crippen molar-refractivity contribution < 1.29 is 19.4 Å². The number of carbonyl (C=O) groups excluding carboxylic acids is 1. The Bertz CT molecular complexity index is 311. The topological polar surface area (TPSA) is 87.7 Å². The number of aliphatic carboxylic acids is 1. The Morgan fingerprint density at radius 1 is 1.35 bits per heavy atom. The van der Waals surface area contributed by atoms with Gasteiger partial charge in [-0.15, -0.1) is 0 Å². The van der Waals surface area contributed by atoms with E-state index in [0.29, 0.717) is 19.4 Å². The lowest BCUT2D eigenvalue weighted by atomic mass is 10.1. The van der Waals surface area contributed by atoms with Crippen LogP contribution in [0, 0.1) is 5.41 Å². The van der Waals surface area contributed by atoms with Gasteiger partial charge in [0.25, 0.3) is 0 Å². The van der Waals surface area contributed by atoms with Crippen molar-refractivity contribution in [3.8, 4) is 0 Å². The third-order valence-corrected chi connectivity index (χ3v) is 3.12. The summed E-state index contributed by atoms with van der Waals surface area (Å²) in [5.41, 5.74) is -1.16. The van der Waals surface area contributed by atoms with Crippen LogP contribution in [0.1, 0.15) is 26.7 Å². The minimum absolute atomic E-state index is 0.182. The predicted octanol–water partition coefficient (Wildman–Crippen LogP) is 0.575. The molecule has 6 nitrogen and oxygen atoms in total. The molecule has 0 atom stereocenters. The van der Waals surface area contributed by atoms with E-state index in [1.807, 2.05) is 13.8 Å². The van der Waals surface area contributed by atoms with E-state index >= 15 is 0 Å². The highest BCUT2D eigenvalue weighted by Crippen LogP contribution is 2.45. The minimum Gasteiger partial charge on any atom is -0.481 e. The zero-order valence-electron chi connectivity index (χ0n) is 10.5. The van der Waals surface area contributed by atoms with Crippen molar-refractivity contribution in [2.24, 2.45) is 5.41 Å². The van der Waals surface area contributed by atoms with Gasteiger partial charge < -0.3 is 20.5 Å². The molecule has 1 aliphatic rings. The standard InChI is InChI=1S/C11H20N2O4/c1-10(2,17-3)6-12-9(16)13-7-11(4-5-11)8(14)15/h4-7H2,1-3H3,(H,14,15)(H2,12,13,16). The molecule has 3 N–H and O–H groups in total. The van der Waals surface area contributed by atoms with Crippen LogP contribution in [0.5, 0.6) is 0 Å². The molecule has 2 amide bonds. The van der Waals surface area contributed by atoms with E-state index in [0.717, 1.165) is 0 Å². The molecular weight excluding hydrogens is 224 g/mol. The fraction of sp³-hybridized carbons (Fsp3) is 0.818. The molecule has 0 unspecified atom stereocenters. The summed E-state index contributed by atoms with van der Waals surface area (Å²) < 4.78 is 5.15. The fourth-order valence-electron chi connectivity index (χ4n) is 1.29. The third-order valence-electron chi connectivity index (χ3n) is 3.12. The summed E-state index contributed by atoms with van der Waals surface area (Å²) in [5, 5.41) is 14.1. The number of methoxy groups -OCH3 is 1. The van der Waals surface area contributed by atoms with Crippen molar-refractivity contribution in [1.29, 1.82) is 0 Å². The number of nitrogens with one attached hydrogen (secondary N) is 2. The van der Waals surface area contributed by atoms with Crippen LogP contribution in [0.2, 0.25) is 0 Å². The van der Waals surface area contributed by atoms with Crippen molar-refractivity contribution in [3.05, 3.63) is 0 Å². The van der Waals surface area contributed by atoms with Gasteiger partial charge >= 0.3 is 12.0 Å². The number of carboxylic acids is 1. The van der Waals surface area contributed by atoms with Gasteiger partial charge in [-0.05, 0) is 26.7 Å². The molecule has 0 aromatic rings. The molecule has 0 spiro atoms. The molecule has 1 rings (SSSR count).